The van der Waals surface area contributed by atoms with Crippen LogP contribution in [0, 0.1) is 0 Å². The smallest absolute Gasteiger partial charge is 0.428 e. The van der Waals surface area contributed by atoms with Crippen LogP contribution in [-0.2, 0) is 4.74 Å². The van der Waals surface area contributed by atoms with Gasteiger partial charge in [0, 0.05) is 5.52 Å². The number of amides is 1. The summed E-state index contributed by atoms with van der Waals surface area (Å²) < 4.78 is 5.03. The van der Waals surface area contributed by atoms with E-state index in [4.69, 9.17) is 4.74 Å². The zero-order valence-electron chi connectivity index (χ0n) is 12.1. The Balaban J connectivity index is 2.13. The summed E-state index contributed by atoms with van der Waals surface area (Å²) >= 11 is 0. The van der Waals surface area contributed by atoms with Crippen LogP contribution in [0.15, 0.2) is 40.2 Å². The van der Waals surface area contributed by atoms with Gasteiger partial charge in [-0.3, -0.25) is 4.79 Å². The maximum atomic E-state index is 11.8. The van der Waals surface area contributed by atoms with Gasteiger partial charge in [-0.2, -0.15) is 5.10 Å². The molecular formula is C15H17N3O3. The molecule has 2 N–H and O–H groups in total. The number of carbonyl (C=O) groups excluding carboxylic acids is 1. The first-order valence-corrected chi connectivity index (χ1v) is 6.49. The third-order valence-electron chi connectivity index (χ3n) is 2.54. The lowest BCUT2D eigenvalue weighted by Gasteiger charge is -2.18. The number of hydrazone groups is 1. The summed E-state index contributed by atoms with van der Waals surface area (Å²) in [7, 11) is 0. The Hall–Kier alpha value is -2.63. The molecule has 0 aliphatic heterocycles. The molecule has 0 spiro atoms. The Kier molecular flexibility index (Phi) is 4.07. The maximum Gasteiger partial charge on any atom is 0.428 e. The summed E-state index contributed by atoms with van der Waals surface area (Å²) in [5.74, 6) is 0. The molecule has 1 aromatic carbocycles. The predicted octanol–water partition coefficient (Wildman–Crippen LogP) is 2.39. The SMILES string of the molecule is CC(C)(C)OC(=O)N/N=C/c1cc2ccccc2[nH]c1=O. The van der Waals surface area contributed by atoms with E-state index in [1.54, 1.807) is 26.8 Å². The molecule has 0 aliphatic rings. The fourth-order valence-corrected chi connectivity index (χ4v) is 1.72. The summed E-state index contributed by atoms with van der Waals surface area (Å²) in [6, 6.07) is 9.12. The van der Waals surface area contributed by atoms with Crippen LogP contribution < -0.4 is 11.0 Å². The Bertz CT molecular complexity index is 742. The third kappa shape index (κ3) is 4.17. The van der Waals surface area contributed by atoms with Crippen LogP contribution in [0.2, 0.25) is 0 Å². The first-order chi connectivity index (χ1) is 9.85. The monoisotopic (exact) mass is 287 g/mol. The molecule has 0 saturated heterocycles. The van der Waals surface area contributed by atoms with E-state index >= 15 is 0 Å². The number of nitrogens with one attached hydrogen (secondary N) is 2. The highest BCUT2D eigenvalue weighted by Gasteiger charge is 2.15. The third-order valence-corrected chi connectivity index (χ3v) is 2.54. The molecule has 1 heterocycles. The molecule has 2 aromatic rings. The molecule has 21 heavy (non-hydrogen) atoms. The minimum atomic E-state index is -0.670. The molecule has 2 rings (SSSR count). The van der Waals surface area contributed by atoms with Crippen LogP contribution in [-0.4, -0.2) is 22.9 Å². The van der Waals surface area contributed by atoms with E-state index in [2.05, 4.69) is 15.5 Å². The number of hydrogen-bond donors (Lipinski definition) is 2. The molecule has 0 radical (unpaired) electrons. The summed E-state index contributed by atoms with van der Waals surface area (Å²) in [4.78, 5) is 26.0. The lowest BCUT2D eigenvalue weighted by Crippen LogP contribution is -2.30. The highest BCUT2D eigenvalue weighted by atomic mass is 16.6. The van der Waals surface area contributed by atoms with Crippen molar-refractivity contribution in [2.24, 2.45) is 5.10 Å². The highest BCUT2D eigenvalue weighted by molar-refractivity contribution is 5.87. The molecule has 0 aliphatic carbocycles. The molecular weight excluding hydrogens is 270 g/mol. The topological polar surface area (TPSA) is 83.5 Å². The second-order valence-corrected chi connectivity index (χ2v) is 5.51. The van der Waals surface area contributed by atoms with E-state index < -0.39 is 11.7 Å². The van der Waals surface area contributed by atoms with Crippen molar-refractivity contribution < 1.29 is 9.53 Å². The molecule has 6 heteroatoms. The number of rotatable bonds is 2. The van der Waals surface area contributed by atoms with Gasteiger partial charge >= 0.3 is 6.09 Å². The van der Waals surface area contributed by atoms with Gasteiger partial charge < -0.3 is 9.72 Å². The van der Waals surface area contributed by atoms with Gasteiger partial charge in [-0.15, -0.1) is 0 Å². The van der Waals surface area contributed by atoms with Crippen molar-refractivity contribution in [3.05, 3.63) is 46.2 Å². The Morgan fingerprint density at radius 1 is 1.33 bits per heavy atom. The largest absolute Gasteiger partial charge is 0.443 e. The average Bonchev–Trinajstić information content (AvgIpc) is 2.37. The van der Waals surface area contributed by atoms with Crippen LogP contribution >= 0.6 is 0 Å². The van der Waals surface area contributed by atoms with Gasteiger partial charge in [0.05, 0.1) is 11.8 Å². The van der Waals surface area contributed by atoms with Crippen molar-refractivity contribution in [3.8, 4) is 0 Å². The number of para-hydroxylation sites is 1. The summed E-state index contributed by atoms with van der Waals surface area (Å²) in [5.41, 5.74) is 2.45. The zero-order valence-corrected chi connectivity index (χ0v) is 12.1. The van der Waals surface area contributed by atoms with Crippen LogP contribution in [0.1, 0.15) is 26.3 Å². The van der Waals surface area contributed by atoms with Crippen molar-refractivity contribution in [1.82, 2.24) is 10.4 Å². The lowest BCUT2D eigenvalue weighted by atomic mass is 10.2. The average molecular weight is 287 g/mol. The fourth-order valence-electron chi connectivity index (χ4n) is 1.72. The second kappa shape index (κ2) is 5.78. The van der Waals surface area contributed by atoms with Crippen LogP contribution in [0.5, 0.6) is 0 Å². The fraction of sp³-hybridized carbons (Fsp3) is 0.267. The number of fused-ring (bicyclic) bond motifs is 1. The number of benzene rings is 1. The summed E-state index contributed by atoms with van der Waals surface area (Å²) in [6.45, 7) is 5.26. The summed E-state index contributed by atoms with van der Waals surface area (Å²) in [6.07, 6.45) is 0.616. The first kappa shape index (κ1) is 14.8. The minimum absolute atomic E-state index is 0.275. The van der Waals surface area contributed by atoms with Gasteiger partial charge in [0.25, 0.3) is 5.56 Å². The number of hydrogen-bond acceptors (Lipinski definition) is 4. The lowest BCUT2D eigenvalue weighted by molar-refractivity contribution is 0.0529. The van der Waals surface area contributed by atoms with Gasteiger partial charge in [0.2, 0.25) is 0 Å². The Morgan fingerprint density at radius 3 is 2.76 bits per heavy atom. The Morgan fingerprint density at radius 2 is 2.05 bits per heavy atom. The van der Waals surface area contributed by atoms with Gasteiger partial charge in [0.1, 0.15) is 5.60 Å². The highest BCUT2D eigenvalue weighted by Crippen LogP contribution is 2.09. The first-order valence-electron chi connectivity index (χ1n) is 6.49. The zero-order chi connectivity index (χ0) is 15.5. The van der Waals surface area contributed by atoms with E-state index in [0.717, 1.165) is 10.9 Å². The van der Waals surface area contributed by atoms with E-state index in [1.807, 2.05) is 24.3 Å². The number of carbonyl (C=O) groups is 1. The quantitative estimate of drug-likeness (QED) is 0.657. The van der Waals surface area contributed by atoms with Crippen molar-refractivity contribution in [2.75, 3.05) is 0 Å². The van der Waals surface area contributed by atoms with Crippen LogP contribution in [0.4, 0.5) is 4.79 Å². The summed E-state index contributed by atoms with van der Waals surface area (Å²) in [5, 5.41) is 4.61. The van der Waals surface area contributed by atoms with Crippen LogP contribution in [0.25, 0.3) is 10.9 Å². The van der Waals surface area contributed by atoms with Gasteiger partial charge in [-0.05, 0) is 38.3 Å². The normalized spacial score (nSPS) is 11.8. The molecule has 110 valence electrons. The molecule has 1 amide bonds. The number of aromatic nitrogens is 1. The van der Waals surface area contributed by atoms with Crippen molar-refractivity contribution in [3.63, 3.8) is 0 Å². The van der Waals surface area contributed by atoms with Gasteiger partial charge in [0.15, 0.2) is 0 Å². The molecule has 0 unspecified atom stereocenters. The van der Waals surface area contributed by atoms with Gasteiger partial charge in [-0.1, -0.05) is 18.2 Å². The minimum Gasteiger partial charge on any atom is -0.443 e. The number of pyridine rings is 1. The molecule has 0 atom stereocenters. The van der Waals surface area contributed by atoms with Crippen molar-refractivity contribution in [1.29, 1.82) is 0 Å². The van der Waals surface area contributed by atoms with E-state index in [1.165, 1.54) is 6.21 Å². The molecule has 6 nitrogen and oxygen atoms in total. The molecule has 0 fully saturated rings. The number of nitrogens with zero attached hydrogens (tertiary/aromatic N) is 1. The van der Waals surface area contributed by atoms with Crippen molar-refractivity contribution in [2.45, 2.75) is 26.4 Å². The number of H-pyrrole nitrogens is 1. The predicted molar refractivity (Wildman–Crippen MR) is 81.5 cm³/mol. The standard InChI is InChI=1S/C15H17N3O3/c1-15(2,3)21-14(20)18-16-9-11-8-10-6-4-5-7-12(10)17-13(11)19/h4-9H,1-3H3,(H,17,19)(H,18,20)/b16-9+. The van der Waals surface area contributed by atoms with Crippen molar-refractivity contribution >= 4 is 23.2 Å². The van der Waals surface area contributed by atoms with E-state index in [0.29, 0.717) is 5.56 Å². The van der Waals surface area contributed by atoms with Crippen LogP contribution in [0.3, 0.4) is 0 Å². The second-order valence-electron chi connectivity index (χ2n) is 5.51. The maximum absolute atomic E-state index is 11.8. The van der Waals surface area contributed by atoms with E-state index in [-0.39, 0.29) is 5.56 Å². The van der Waals surface area contributed by atoms with E-state index in [9.17, 15) is 9.59 Å². The number of aromatic amines is 1. The number of ether oxygens (including phenoxy) is 1. The Labute approximate surface area is 121 Å². The molecule has 0 saturated carbocycles. The molecule has 1 aromatic heterocycles. The molecule has 0 bridgehead atoms. The van der Waals surface area contributed by atoms with Gasteiger partial charge in [-0.25, -0.2) is 10.2 Å².